The van der Waals surface area contributed by atoms with Crippen LogP contribution in [0, 0.1) is 23.2 Å². The van der Waals surface area contributed by atoms with E-state index < -0.39 is 17.8 Å². The van der Waals surface area contributed by atoms with Crippen LogP contribution in [0.4, 0.5) is 0 Å². The minimum atomic E-state index is -0.563. The molecule has 0 aromatic carbocycles. The number of hydrogen-bond donors (Lipinski definition) is 4. The molecule has 3 saturated carbocycles. The van der Waals surface area contributed by atoms with Gasteiger partial charge in [0.2, 0.25) is 0 Å². The molecule has 0 bridgehead atoms. The Morgan fingerprint density at radius 2 is 1.80 bits per heavy atom. The monoisotopic (exact) mass is 508 g/mol. The molecule has 4 N–H and O–H groups in total. The standard InChI is InChI=1S/C30H52O4S/c1-5-30(34,6-2)16-8-18-35-21(3)25-12-13-26-23(9-7-15-29(25,26)4)11-10-22-19-27(32)24(14-17-31)28(33)20-22/h10-11,21,24-28,31-34H,5-9,12-20H2,1-4H3/b22-10?,23-11+/t21-,24?,25-,26+,27-,28?,29-/m1/s1. The summed E-state index contributed by atoms with van der Waals surface area (Å²) < 4.78 is 0. The first-order valence-electron chi connectivity index (χ1n) is 14.4. The van der Waals surface area contributed by atoms with E-state index >= 15 is 0 Å². The van der Waals surface area contributed by atoms with Gasteiger partial charge in [-0.15, -0.1) is 0 Å². The third kappa shape index (κ3) is 6.96. The van der Waals surface area contributed by atoms with Crippen LogP contribution in [0.3, 0.4) is 0 Å². The lowest BCUT2D eigenvalue weighted by Gasteiger charge is -2.44. The number of fused-ring (bicyclic) bond motifs is 1. The Bertz CT molecular complexity index is 716. The van der Waals surface area contributed by atoms with Crippen LogP contribution in [-0.4, -0.2) is 55.8 Å². The van der Waals surface area contributed by atoms with Crippen LogP contribution in [0.1, 0.15) is 105 Å². The third-order valence-electron chi connectivity index (χ3n) is 10.0. The first-order valence-corrected chi connectivity index (χ1v) is 15.4. The lowest BCUT2D eigenvalue weighted by Crippen LogP contribution is -2.37. The van der Waals surface area contributed by atoms with Gasteiger partial charge in [-0.25, -0.2) is 0 Å². The van der Waals surface area contributed by atoms with Crippen molar-refractivity contribution in [3.05, 3.63) is 23.3 Å². The van der Waals surface area contributed by atoms with Crippen molar-refractivity contribution in [2.75, 3.05) is 12.4 Å². The van der Waals surface area contributed by atoms with E-state index in [0.717, 1.165) is 42.9 Å². The zero-order chi connectivity index (χ0) is 25.6. The summed E-state index contributed by atoms with van der Waals surface area (Å²) in [6, 6.07) is 0. The summed E-state index contributed by atoms with van der Waals surface area (Å²) in [5, 5.41) is 41.4. The molecule has 3 aliphatic carbocycles. The molecular weight excluding hydrogens is 456 g/mol. The van der Waals surface area contributed by atoms with Crippen molar-refractivity contribution in [2.24, 2.45) is 23.2 Å². The number of aliphatic hydroxyl groups excluding tert-OH is 3. The maximum Gasteiger partial charge on any atom is 0.0642 e. The Balaban J connectivity index is 1.59. The number of hydrogen-bond acceptors (Lipinski definition) is 5. The van der Waals surface area contributed by atoms with Gasteiger partial charge < -0.3 is 20.4 Å². The predicted molar refractivity (Wildman–Crippen MR) is 147 cm³/mol. The van der Waals surface area contributed by atoms with Crippen molar-refractivity contribution in [3.63, 3.8) is 0 Å². The van der Waals surface area contributed by atoms with E-state index in [4.69, 9.17) is 0 Å². The summed E-state index contributed by atoms with van der Waals surface area (Å²) in [6.07, 6.45) is 15.1. The summed E-state index contributed by atoms with van der Waals surface area (Å²) in [5.74, 6) is 2.31. The van der Waals surface area contributed by atoms with E-state index in [9.17, 15) is 20.4 Å². The summed E-state index contributed by atoms with van der Waals surface area (Å²) in [4.78, 5) is 0. The van der Waals surface area contributed by atoms with Gasteiger partial charge in [-0.2, -0.15) is 11.8 Å². The second-order valence-electron chi connectivity index (χ2n) is 12.0. The minimum Gasteiger partial charge on any atom is -0.396 e. The Labute approximate surface area is 218 Å². The van der Waals surface area contributed by atoms with Crippen molar-refractivity contribution in [3.8, 4) is 0 Å². The number of aliphatic hydroxyl groups is 4. The summed E-state index contributed by atoms with van der Waals surface area (Å²) in [6.45, 7) is 9.17. The molecule has 0 aromatic heterocycles. The molecule has 0 heterocycles. The van der Waals surface area contributed by atoms with Crippen LogP contribution in [-0.2, 0) is 0 Å². The fourth-order valence-corrected chi connectivity index (χ4v) is 8.88. The lowest BCUT2D eigenvalue weighted by molar-refractivity contribution is -0.0163. The van der Waals surface area contributed by atoms with Gasteiger partial charge in [0.1, 0.15) is 0 Å². The number of thioether (sulfide) groups is 1. The average molecular weight is 509 g/mol. The summed E-state index contributed by atoms with van der Waals surface area (Å²) >= 11 is 2.12. The molecule has 3 rings (SSSR count). The quantitative estimate of drug-likeness (QED) is 0.257. The van der Waals surface area contributed by atoms with Crippen LogP contribution in [0.15, 0.2) is 23.3 Å². The van der Waals surface area contributed by atoms with E-state index in [2.05, 4.69) is 51.6 Å². The van der Waals surface area contributed by atoms with E-state index in [1.165, 1.54) is 32.1 Å². The van der Waals surface area contributed by atoms with Gasteiger partial charge in [0.05, 0.1) is 17.8 Å². The van der Waals surface area contributed by atoms with Crippen molar-refractivity contribution in [1.29, 1.82) is 0 Å². The second-order valence-corrected chi connectivity index (χ2v) is 13.5. The number of allylic oxidation sites excluding steroid dienone is 3. The van der Waals surface area contributed by atoms with E-state index in [1.54, 1.807) is 5.57 Å². The van der Waals surface area contributed by atoms with Crippen LogP contribution < -0.4 is 0 Å². The molecule has 202 valence electrons. The first kappa shape index (κ1) is 29.2. The molecule has 3 fully saturated rings. The van der Waals surface area contributed by atoms with Gasteiger partial charge in [0, 0.05) is 17.8 Å². The predicted octanol–water partition coefficient (Wildman–Crippen LogP) is 6.02. The molecule has 2 unspecified atom stereocenters. The SMILES string of the molecule is CCC(O)(CC)CCCS[C@H](C)[C@H]1CC[C@H]2/C(=C/C=C3CC(O)C(CCO)[C@H](O)C3)CCC[C@]12C. The third-order valence-corrected chi connectivity index (χ3v) is 11.4. The molecule has 0 saturated heterocycles. The van der Waals surface area contributed by atoms with Crippen LogP contribution in [0.2, 0.25) is 0 Å². The minimum absolute atomic E-state index is 0.0136. The first-order chi connectivity index (χ1) is 16.7. The Morgan fingerprint density at radius 1 is 1.11 bits per heavy atom. The molecular formula is C30H52O4S. The highest BCUT2D eigenvalue weighted by Crippen LogP contribution is 2.59. The van der Waals surface area contributed by atoms with Crippen molar-refractivity contribution < 1.29 is 20.4 Å². The maximum atomic E-state index is 10.6. The average Bonchev–Trinajstić information content (AvgIpc) is 3.20. The van der Waals surface area contributed by atoms with Gasteiger partial charge in [-0.1, -0.05) is 51.0 Å². The van der Waals surface area contributed by atoms with Crippen molar-refractivity contribution in [2.45, 2.75) is 128 Å². The van der Waals surface area contributed by atoms with Gasteiger partial charge in [-0.05, 0) is 100 Å². The highest BCUT2D eigenvalue weighted by Gasteiger charge is 2.50. The summed E-state index contributed by atoms with van der Waals surface area (Å²) in [7, 11) is 0. The van der Waals surface area contributed by atoms with E-state index in [0.29, 0.717) is 35.8 Å². The zero-order valence-corrected chi connectivity index (χ0v) is 23.5. The highest BCUT2D eigenvalue weighted by atomic mass is 32.2. The maximum absolute atomic E-state index is 10.6. The number of rotatable bonds is 11. The van der Waals surface area contributed by atoms with Gasteiger partial charge in [0.15, 0.2) is 0 Å². The molecule has 4 nitrogen and oxygen atoms in total. The highest BCUT2D eigenvalue weighted by molar-refractivity contribution is 7.99. The molecule has 35 heavy (non-hydrogen) atoms. The fraction of sp³-hybridized carbons (Fsp3) is 0.867. The second kappa shape index (κ2) is 13.0. The molecule has 3 aliphatic rings. The van der Waals surface area contributed by atoms with Gasteiger partial charge >= 0.3 is 0 Å². The normalized spacial score (nSPS) is 37.1. The van der Waals surface area contributed by atoms with Crippen LogP contribution >= 0.6 is 11.8 Å². The fourth-order valence-electron chi connectivity index (χ4n) is 7.52. The summed E-state index contributed by atoms with van der Waals surface area (Å²) in [5.41, 5.74) is 2.59. The van der Waals surface area contributed by atoms with Gasteiger partial charge in [-0.3, -0.25) is 0 Å². The molecule has 0 aromatic rings. The topological polar surface area (TPSA) is 80.9 Å². The molecule has 0 amide bonds. The van der Waals surface area contributed by atoms with Gasteiger partial charge in [0.25, 0.3) is 0 Å². The van der Waals surface area contributed by atoms with Crippen LogP contribution in [0.5, 0.6) is 0 Å². The van der Waals surface area contributed by atoms with Crippen LogP contribution in [0.25, 0.3) is 0 Å². The Kier molecular flexibility index (Phi) is 10.8. The molecule has 0 aliphatic heterocycles. The molecule has 0 radical (unpaired) electrons. The van der Waals surface area contributed by atoms with Crippen molar-refractivity contribution in [1.82, 2.24) is 0 Å². The van der Waals surface area contributed by atoms with E-state index in [1.807, 2.05) is 0 Å². The smallest absolute Gasteiger partial charge is 0.0642 e. The molecule has 0 spiro atoms. The van der Waals surface area contributed by atoms with Crippen molar-refractivity contribution >= 4 is 11.8 Å². The largest absolute Gasteiger partial charge is 0.396 e. The van der Waals surface area contributed by atoms with E-state index in [-0.39, 0.29) is 12.5 Å². The molecule has 7 atom stereocenters. The lowest BCUT2D eigenvalue weighted by atomic mass is 9.63. The molecule has 5 heteroatoms. The Morgan fingerprint density at radius 3 is 2.43 bits per heavy atom. The Hall–Kier alpha value is -0.330. The zero-order valence-electron chi connectivity index (χ0n) is 22.7.